The zero-order chi connectivity index (χ0) is 9.59. The van der Waals surface area contributed by atoms with Crippen LogP contribution in [0.25, 0.3) is 0 Å². The van der Waals surface area contributed by atoms with Crippen LogP contribution in [0.5, 0.6) is 0 Å². The number of fused-ring (bicyclic) bond motifs is 2. The third-order valence-electron chi connectivity index (χ3n) is 3.03. The predicted octanol–water partition coefficient (Wildman–Crippen LogP) is 0.594. The number of hydrogen-bond acceptors (Lipinski definition) is 2. The van der Waals surface area contributed by atoms with Gasteiger partial charge >= 0.3 is 11.9 Å². The van der Waals surface area contributed by atoms with Crippen molar-refractivity contribution in [1.29, 1.82) is 0 Å². The van der Waals surface area contributed by atoms with E-state index < -0.39 is 23.8 Å². The Balaban J connectivity index is 2.30. The van der Waals surface area contributed by atoms with E-state index in [4.69, 9.17) is 10.2 Å². The lowest BCUT2D eigenvalue weighted by molar-refractivity contribution is -0.154. The van der Waals surface area contributed by atoms with Crippen LogP contribution < -0.4 is 0 Å². The summed E-state index contributed by atoms with van der Waals surface area (Å²) in [6.45, 7) is 0. The van der Waals surface area contributed by atoms with Crippen LogP contribution in [0.15, 0.2) is 12.2 Å². The molecule has 1 saturated carbocycles. The Hall–Kier alpha value is -1.32. The minimum atomic E-state index is -0.982. The molecule has 4 nitrogen and oxygen atoms in total. The number of aliphatic carboxylic acids is 2. The van der Waals surface area contributed by atoms with Crippen LogP contribution in [0, 0.1) is 23.7 Å². The summed E-state index contributed by atoms with van der Waals surface area (Å²) in [6, 6.07) is 0. The number of carbonyl (C=O) groups is 2. The summed E-state index contributed by atoms with van der Waals surface area (Å²) >= 11 is 0. The Kier molecular flexibility index (Phi) is 1.65. The van der Waals surface area contributed by atoms with Gasteiger partial charge in [-0.15, -0.1) is 0 Å². The van der Waals surface area contributed by atoms with Crippen LogP contribution in [0.1, 0.15) is 6.42 Å². The Bertz CT molecular complexity index is 266. The Morgan fingerprint density at radius 3 is 1.69 bits per heavy atom. The first-order valence-electron chi connectivity index (χ1n) is 4.25. The number of rotatable bonds is 2. The molecule has 4 heteroatoms. The zero-order valence-corrected chi connectivity index (χ0v) is 6.88. The number of hydrogen-bond donors (Lipinski definition) is 2. The summed E-state index contributed by atoms with van der Waals surface area (Å²) in [4.78, 5) is 21.6. The van der Waals surface area contributed by atoms with E-state index in [0.29, 0.717) is 6.42 Å². The summed E-state index contributed by atoms with van der Waals surface area (Å²) < 4.78 is 0. The molecular weight excluding hydrogens is 172 g/mol. The van der Waals surface area contributed by atoms with Gasteiger partial charge in [0.1, 0.15) is 0 Å². The quantitative estimate of drug-likeness (QED) is 0.613. The molecule has 70 valence electrons. The molecule has 0 aromatic carbocycles. The van der Waals surface area contributed by atoms with Crippen molar-refractivity contribution in [3.63, 3.8) is 0 Å². The maximum absolute atomic E-state index is 10.8. The van der Waals surface area contributed by atoms with Crippen molar-refractivity contribution in [3.05, 3.63) is 12.2 Å². The third kappa shape index (κ3) is 1.05. The molecule has 0 aromatic rings. The standard InChI is InChI=1S/C9H10O4/c10-8(11)6-4-1-2-5(3-4)7(6)9(12)13/h1-2,4-7H,3H2,(H,10,11)(H,12,13)/t4-,5-,6+,7+/m1/s1. The zero-order valence-electron chi connectivity index (χ0n) is 6.88. The molecule has 0 aromatic heterocycles. The minimum Gasteiger partial charge on any atom is -0.481 e. The molecule has 0 radical (unpaired) electrons. The lowest BCUT2D eigenvalue weighted by atomic mass is 9.83. The van der Waals surface area contributed by atoms with Crippen LogP contribution in [-0.4, -0.2) is 22.2 Å². The van der Waals surface area contributed by atoms with Crippen molar-refractivity contribution in [1.82, 2.24) is 0 Å². The highest BCUT2D eigenvalue weighted by Gasteiger charge is 2.51. The Morgan fingerprint density at radius 1 is 1.00 bits per heavy atom. The van der Waals surface area contributed by atoms with Gasteiger partial charge in [0.15, 0.2) is 0 Å². The minimum absolute atomic E-state index is 0.0661. The van der Waals surface area contributed by atoms with Crippen molar-refractivity contribution in [2.24, 2.45) is 23.7 Å². The van der Waals surface area contributed by atoms with Crippen molar-refractivity contribution in [2.45, 2.75) is 6.42 Å². The van der Waals surface area contributed by atoms with E-state index in [9.17, 15) is 9.59 Å². The molecule has 2 rings (SSSR count). The molecule has 4 atom stereocenters. The summed E-state index contributed by atoms with van der Waals surface area (Å²) in [5.74, 6) is -3.53. The molecule has 0 amide bonds. The van der Waals surface area contributed by atoms with Crippen LogP contribution in [-0.2, 0) is 9.59 Å². The highest BCUT2D eigenvalue weighted by atomic mass is 16.4. The molecule has 0 aliphatic heterocycles. The molecule has 0 heterocycles. The fourth-order valence-corrected chi connectivity index (χ4v) is 2.50. The first-order chi connectivity index (χ1) is 6.11. The first-order valence-corrected chi connectivity index (χ1v) is 4.25. The second-order valence-corrected chi connectivity index (χ2v) is 3.68. The van der Waals surface area contributed by atoms with E-state index in [-0.39, 0.29) is 11.8 Å². The van der Waals surface area contributed by atoms with Crippen LogP contribution in [0.4, 0.5) is 0 Å². The monoisotopic (exact) mass is 182 g/mol. The fourth-order valence-electron chi connectivity index (χ4n) is 2.50. The first kappa shape index (κ1) is 8.29. The summed E-state index contributed by atoms with van der Waals surface area (Å²) in [6.07, 6.45) is 4.36. The van der Waals surface area contributed by atoms with Gasteiger partial charge in [-0.3, -0.25) is 9.59 Å². The summed E-state index contributed by atoms with van der Waals surface area (Å²) in [7, 11) is 0. The summed E-state index contributed by atoms with van der Waals surface area (Å²) in [5, 5.41) is 17.7. The second kappa shape index (κ2) is 2.58. The van der Waals surface area contributed by atoms with E-state index in [2.05, 4.69) is 0 Å². The SMILES string of the molecule is O=C(O)[C@@H]1[C@@H](C(=O)O)[C@@H]2C=C[C@@H]1C2. The average Bonchev–Trinajstić information content (AvgIpc) is 2.60. The maximum Gasteiger partial charge on any atom is 0.307 e. The van der Waals surface area contributed by atoms with Crippen LogP contribution in [0.3, 0.4) is 0 Å². The van der Waals surface area contributed by atoms with E-state index in [1.807, 2.05) is 12.2 Å². The van der Waals surface area contributed by atoms with Crippen molar-refractivity contribution < 1.29 is 19.8 Å². The van der Waals surface area contributed by atoms with E-state index in [1.165, 1.54) is 0 Å². The van der Waals surface area contributed by atoms with Gasteiger partial charge in [0.2, 0.25) is 0 Å². The van der Waals surface area contributed by atoms with Gasteiger partial charge in [0.05, 0.1) is 11.8 Å². The van der Waals surface area contributed by atoms with Crippen molar-refractivity contribution in [2.75, 3.05) is 0 Å². The van der Waals surface area contributed by atoms with Gasteiger partial charge in [-0.05, 0) is 18.3 Å². The molecule has 2 aliphatic carbocycles. The van der Waals surface area contributed by atoms with Crippen LogP contribution >= 0.6 is 0 Å². The smallest absolute Gasteiger partial charge is 0.307 e. The number of allylic oxidation sites excluding steroid dienone is 2. The lowest BCUT2D eigenvalue weighted by Crippen LogP contribution is -2.32. The molecule has 2 N–H and O–H groups in total. The number of carboxylic acids is 2. The van der Waals surface area contributed by atoms with E-state index >= 15 is 0 Å². The summed E-state index contributed by atoms with van der Waals surface area (Å²) in [5.41, 5.74) is 0. The molecule has 13 heavy (non-hydrogen) atoms. The topological polar surface area (TPSA) is 74.6 Å². The van der Waals surface area contributed by atoms with Gasteiger partial charge in [-0.25, -0.2) is 0 Å². The van der Waals surface area contributed by atoms with Crippen molar-refractivity contribution >= 4 is 11.9 Å². The molecule has 0 saturated heterocycles. The van der Waals surface area contributed by atoms with Gasteiger partial charge in [0.25, 0.3) is 0 Å². The average molecular weight is 182 g/mol. The van der Waals surface area contributed by atoms with Gasteiger partial charge in [-0.1, -0.05) is 12.2 Å². The molecular formula is C9H10O4. The fraction of sp³-hybridized carbons (Fsp3) is 0.556. The highest BCUT2D eigenvalue weighted by Crippen LogP contribution is 2.48. The van der Waals surface area contributed by atoms with E-state index in [1.54, 1.807) is 0 Å². The third-order valence-corrected chi connectivity index (χ3v) is 3.03. The Labute approximate surface area is 74.9 Å². The normalized spacial score (nSPS) is 40.9. The van der Waals surface area contributed by atoms with Gasteiger partial charge < -0.3 is 10.2 Å². The van der Waals surface area contributed by atoms with Crippen molar-refractivity contribution in [3.8, 4) is 0 Å². The largest absolute Gasteiger partial charge is 0.481 e. The van der Waals surface area contributed by atoms with E-state index in [0.717, 1.165) is 0 Å². The molecule has 2 aliphatic rings. The molecule has 0 unspecified atom stereocenters. The number of carboxylic acid groups (broad SMARTS) is 2. The highest BCUT2D eigenvalue weighted by molar-refractivity contribution is 5.82. The lowest BCUT2D eigenvalue weighted by Gasteiger charge is -2.20. The molecule has 0 spiro atoms. The maximum atomic E-state index is 10.8. The second-order valence-electron chi connectivity index (χ2n) is 3.68. The van der Waals surface area contributed by atoms with Crippen LogP contribution in [0.2, 0.25) is 0 Å². The molecule has 1 fully saturated rings. The van der Waals surface area contributed by atoms with Gasteiger partial charge in [-0.2, -0.15) is 0 Å². The molecule has 2 bridgehead atoms. The Morgan fingerprint density at radius 2 is 1.38 bits per heavy atom. The predicted molar refractivity (Wildman–Crippen MR) is 43.0 cm³/mol. The van der Waals surface area contributed by atoms with Gasteiger partial charge in [0, 0.05) is 0 Å².